The van der Waals surface area contributed by atoms with Crippen molar-refractivity contribution in [2.45, 2.75) is 38.8 Å². The zero-order chi connectivity index (χ0) is 19.4. The Hall–Kier alpha value is -2.40. The molecule has 2 aromatic rings. The monoisotopic (exact) mass is 379 g/mol. The van der Waals surface area contributed by atoms with Gasteiger partial charge in [-0.2, -0.15) is 0 Å². The molecule has 5 heteroatoms. The van der Waals surface area contributed by atoms with Crippen LogP contribution in [-0.4, -0.2) is 46.5 Å². The van der Waals surface area contributed by atoms with Crippen molar-refractivity contribution in [3.05, 3.63) is 70.6 Å². The van der Waals surface area contributed by atoms with Gasteiger partial charge in [0.1, 0.15) is 6.54 Å². The van der Waals surface area contributed by atoms with Crippen molar-refractivity contribution in [2.24, 2.45) is 5.41 Å². The first-order valence-electron chi connectivity index (χ1n) is 10.3. The van der Waals surface area contributed by atoms with E-state index in [1.165, 1.54) is 35.5 Å². The minimum Gasteiger partial charge on any atom is -0.341 e. The molecule has 28 heavy (non-hydrogen) atoms. The molecule has 4 rings (SSSR count). The molecule has 2 aliphatic rings. The maximum absolute atomic E-state index is 12.9. The van der Waals surface area contributed by atoms with Gasteiger partial charge in [-0.15, -0.1) is 0 Å². The van der Waals surface area contributed by atoms with Gasteiger partial charge in [-0.1, -0.05) is 36.4 Å². The van der Waals surface area contributed by atoms with Crippen molar-refractivity contribution < 1.29 is 4.79 Å². The van der Waals surface area contributed by atoms with Crippen LogP contribution in [-0.2, 0) is 17.9 Å². The first-order valence-corrected chi connectivity index (χ1v) is 10.3. The second kappa shape index (κ2) is 8.31. The third-order valence-electron chi connectivity index (χ3n) is 6.21. The van der Waals surface area contributed by atoms with Gasteiger partial charge in [0, 0.05) is 43.9 Å². The summed E-state index contributed by atoms with van der Waals surface area (Å²) in [5.41, 5.74) is 1.43. The number of rotatable bonds is 4. The summed E-state index contributed by atoms with van der Waals surface area (Å²) in [6.45, 7) is 4.93. The third-order valence-corrected chi connectivity index (χ3v) is 6.21. The Morgan fingerprint density at radius 1 is 0.929 bits per heavy atom. The number of pyridine rings is 1. The first-order chi connectivity index (χ1) is 13.6. The fraction of sp³-hybridized carbons (Fsp3) is 0.478. The summed E-state index contributed by atoms with van der Waals surface area (Å²) >= 11 is 0. The Morgan fingerprint density at radius 2 is 1.68 bits per heavy atom. The highest BCUT2D eigenvalue weighted by atomic mass is 16.2. The van der Waals surface area contributed by atoms with Crippen LogP contribution in [0.1, 0.15) is 31.2 Å². The van der Waals surface area contributed by atoms with Gasteiger partial charge in [-0.25, -0.2) is 0 Å². The lowest BCUT2D eigenvalue weighted by Crippen LogP contribution is -2.54. The third kappa shape index (κ3) is 4.36. The molecule has 1 atom stereocenters. The lowest BCUT2D eigenvalue weighted by Gasteiger charge is -2.48. The van der Waals surface area contributed by atoms with E-state index in [2.05, 4.69) is 35.2 Å². The maximum atomic E-state index is 12.9. The molecule has 148 valence electrons. The highest BCUT2D eigenvalue weighted by molar-refractivity contribution is 5.76. The molecule has 0 N–H and O–H groups in total. The van der Waals surface area contributed by atoms with Gasteiger partial charge in [-0.05, 0) is 43.9 Å². The lowest BCUT2D eigenvalue weighted by atomic mass is 9.73. The Labute approximate surface area is 166 Å². The molecule has 1 spiro atoms. The molecular formula is C23H29N3O2. The van der Waals surface area contributed by atoms with E-state index in [1.54, 1.807) is 18.3 Å². The van der Waals surface area contributed by atoms with E-state index >= 15 is 0 Å². The second-order valence-electron chi connectivity index (χ2n) is 8.39. The molecule has 2 fully saturated rings. The molecule has 0 radical (unpaired) electrons. The minimum atomic E-state index is -0.116. The zero-order valence-electron chi connectivity index (χ0n) is 16.4. The SMILES string of the molecule is O=C(Cn1ccccc1=O)N1CCCC2(CCCN(Cc3ccccc3)C2)C1. The van der Waals surface area contributed by atoms with E-state index in [4.69, 9.17) is 0 Å². The van der Waals surface area contributed by atoms with Gasteiger partial charge in [0.15, 0.2) is 0 Å². The Bertz CT molecular complexity index is 859. The number of piperidine rings is 2. The predicted octanol–water partition coefficient (Wildman–Crippen LogP) is 2.75. The largest absolute Gasteiger partial charge is 0.341 e. The molecule has 1 unspecified atom stereocenters. The van der Waals surface area contributed by atoms with E-state index in [9.17, 15) is 9.59 Å². The molecule has 1 aromatic heterocycles. The summed E-state index contributed by atoms with van der Waals surface area (Å²) in [4.78, 5) is 29.4. The molecule has 3 heterocycles. The number of carbonyl (C=O) groups is 1. The topological polar surface area (TPSA) is 45.6 Å². The van der Waals surface area contributed by atoms with Crippen LogP contribution in [0, 0.1) is 5.41 Å². The van der Waals surface area contributed by atoms with E-state index in [-0.39, 0.29) is 23.4 Å². The number of benzene rings is 1. The fourth-order valence-electron chi connectivity index (χ4n) is 4.88. The molecule has 0 saturated carbocycles. The Morgan fingerprint density at radius 3 is 2.46 bits per heavy atom. The van der Waals surface area contributed by atoms with Gasteiger partial charge in [-0.3, -0.25) is 14.5 Å². The van der Waals surface area contributed by atoms with Crippen LogP contribution in [0.15, 0.2) is 59.5 Å². The van der Waals surface area contributed by atoms with Crippen molar-refractivity contribution in [3.8, 4) is 0 Å². The molecule has 1 amide bonds. The predicted molar refractivity (Wildman–Crippen MR) is 110 cm³/mol. The average molecular weight is 380 g/mol. The average Bonchev–Trinajstić information content (AvgIpc) is 2.70. The number of carbonyl (C=O) groups excluding carboxylic acids is 1. The van der Waals surface area contributed by atoms with Crippen LogP contribution >= 0.6 is 0 Å². The van der Waals surface area contributed by atoms with E-state index in [1.807, 2.05) is 4.90 Å². The second-order valence-corrected chi connectivity index (χ2v) is 8.39. The van der Waals surface area contributed by atoms with Gasteiger partial charge in [0.05, 0.1) is 0 Å². The van der Waals surface area contributed by atoms with Crippen LogP contribution in [0.3, 0.4) is 0 Å². The van der Waals surface area contributed by atoms with E-state index < -0.39 is 0 Å². The van der Waals surface area contributed by atoms with Gasteiger partial charge >= 0.3 is 0 Å². The summed E-state index contributed by atoms with van der Waals surface area (Å²) in [7, 11) is 0. The highest BCUT2D eigenvalue weighted by Crippen LogP contribution is 2.39. The molecule has 2 aliphatic heterocycles. The smallest absolute Gasteiger partial charge is 0.250 e. The summed E-state index contributed by atoms with van der Waals surface area (Å²) in [5.74, 6) is 0.0626. The molecule has 5 nitrogen and oxygen atoms in total. The van der Waals surface area contributed by atoms with Crippen molar-refractivity contribution in [1.29, 1.82) is 0 Å². The van der Waals surface area contributed by atoms with Crippen LogP contribution < -0.4 is 5.56 Å². The summed E-state index contributed by atoms with van der Waals surface area (Å²) < 4.78 is 1.51. The number of likely N-dealkylation sites (tertiary alicyclic amines) is 2. The van der Waals surface area contributed by atoms with Crippen LogP contribution in [0.25, 0.3) is 0 Å². The minimum absolute atomic E-state index is 0.0626. The number of amides is 1. The Kier molecular flexibility index (Phi) is 5.62. The molecule has 2 saturated heterocycles. The number of hydrogen-bond acceptors (Lipinski definition) is 3. The van der Waals surface area contributed by atoms with Gasteiger partial charge in [0.2, 0.25) is 5.91 Å². The van der Waals surface area contributed by atoms with Crippen LogP contribution in [0.2, 0.25) is 0 Å². The normalized spacial score (nSPS) is 23.1. The van der Waals surface area contributed by atoms with Crippen LogP contribution in [0.4, 0.5) is 0 Å². The molecule has 0 aliphatic carbocycles. The van der Waals surface area contributed by atoms with Crippen molar-refractivity contribution in [3.63, 3.8) is 0 Å². The van der Waals surface area contributed by atoms with E-state index in [0.717, 1.165) is 39.1 Å². The molecule has 1 aromatic carbocycles. The van der Waals surface area contributed by atoms with Crippen molar-refractivity contribution in [1.82, 2.24) is 14.4 Å². The number of aromatic nitrogens is 1. The summed E-state index contributed by atoms with van der Waals surface area (Å²) in [6.07, 6.45) is 6.31. The zero-order valence-corrected chi connectivity index (χ0v) is 16.4. The highest BCUT2D eigenvalue weighted by Gasteiger charge is 2.40. The fourth-order valence-corrected chi connectivity index (χ4v) is 4.88. The van der Waals surface area contributed by atoms with Crippen molar-refractivity contribution >= 4 is 5.91 Å². The lowest BCUT2D eigenvalue weighted by molar-refractivity contribution is -0.136. The van der Waals surface area contributed by atoms with Gasteiger partial charge in [0.25, 0.3) is 5.56 Å². The van der Waals surface area contributed by atoms with Crippen LogP contribution in [0.5, 0.6) is 0 Å². The maximum Gasteiger partial charge on any atom is 0.250 e. The molecular weight excluding hydrogens is 350 g/mol. The first kappa shape index (κ1) is 18.9. The molecule has 0 bridgehead atoms. The number of nitrogens with zero attached hydrogens (tertiary/aromatic N) is 3. The van der Waals surface area contributed by atoms with E-state index in [0.29, 0.717) is 0 Å². The van der Waals surface area contributed by atoms with Crippen molar-refractivity contribution in [2.75, 3.05) is 26.2 Å². The number of hydrogen-bond donors (Lipinski definition) is 0. The standard InChI is InChI=1S/C23H29N3O2/c27-21-10-4-5-14-25(21)17-22(28)26-15-7-12-23(19-26)11-6-13-24(18-23)16-20-8-2-1-3-9-20/h1-5,8-10,14H,6-7,11-13,15-19H2. The van der Waals surface area contributed by atoms with Gasteiger partial charge < -0.3 is 9.47 Å². The Balaban J connectivity index is 1.41. The summed E-state index contributed by atoms with van der Waals surface area (Å²) in [6, 6.07) is 15.7. The summed E-state index contributed by atoms with van der Waals surface area (Å²) in [5, 5.41) is 0. The quantitative estimate of drug-likeness (QED) is 0.821.